The molecule has 1 rings (SSSR count). The molecule has 3 heteroatoms. The first-order valence-electron chi connectivity index (χ1n) is 5.61. The SMILES string of the molecule is COCCCC(O)CCC1CCCO1. The van der Waals surface area contributed by atoms with E-state index in [4.69, 9.17) is 9.47 Å². The van der Waals surface area contributed by atoms with Crippen LogP contribution >= 0.6 is 0 Å². The maximum absolute atomic E-state index is 9.63. The molecule has 1 saturated heterocycles. The molecule has 0 aromatic carbocycles. The topological polar surface area (TPSA) is 38.7 Å². The van der Waals surface area contributed by atoms with Crippen LogP contribution in [0.2, 0.25) is 0 Å². The third kappa shape index (κ3) is 4.94. The molecule has 14 heavy (non-hydrogen) atoms. The van der Waals surface area contributed by atoms with Crippen molar-refractivity contribution in [2.24, 2.45) is 0 Å². The van der Waals surface area contributed by atoms with Gasteiger partial charge in [0, 0.05) is 20.3 Å². The highest BCUT2D eigenvalue weighted by Gasteiger charge is 2.16. The third-order valence-electron chi connectivity index (χ3n) is 2.73. The van der Waals surface area contributed by atoms with Crippen LogP contribution in [-0.4, -0.2) is 37.6 Å². The van der Waals surface area contributed by atoms with Crippen LogP contribution in [0.25, 0.3) is 0 Å². The Kier molecular flexibility index (Phi) is 6.15. The number of aliphatic hydroxyl groups excluding tert-OH is 1. The van der Waals surface area contributed by atoms with Gasteiger partial charge in [-0.2, -0.15) is 0 Å². The first-order valence-corrected chi connectivity index (χ1v) is 5.61. The maximum atomic E-state index is 9.63. The number of ether oxygens (including phenoxy) is 2. The monoisotopic (exact) mass is 202 g/mol. The Morgan fingerprint density at radius 1 is 1.50 bits per heavy atom. The zero-order valence-corrected chi connectivity index (χ0v) is 9.08. The Morgan fingerprint density at radius 2 is 2.36 bits per heavy atom. The second-order valence-electron chi connectivity index (χ2n) is 4.00. The molecule has 1 aliphatic rings. The first-order chi connectivity index (χ1) is 6.83. The molecule has 0 saturated carbocycles. The second kappa shape index (κ2) is 7.21. The van der Waals surface area contributed by atoms with Crippen LogP contribution in [0.15, 0.2) is 0 Å². The Morgan fingerprint density at radius 3 is 3.00 bits per heavy atom. The molecule has 0 radical (unpaired) electrons. The van der Waals surface area contributed by atoms with Crippen LogP contribution in [0.4, 0.5) is 0 Å². The minimum atomic E-state index is -0.172. The van der Waals surface area contributed by atoms with E-state index in [1.165, 1.54) is 12.8 Å². The summed E-state index contributed by atoms with van der Waals surface area (Å²) in [5.41, 5.74) is 0. The van der Waals surface area contributed by atoms with Crippen molar-refractivity contribution < 1.29 is 14.6 Å². The zero-order chi connectivity index (χ0) is 10.2. The third-order valence-corrected chi connectivity index (χ3v) is 2.73. The summed E-state index contributed by atoms with van der Waals surface area (Å²) in [5.74, 6) is 0. The van der Waals surface area contributed by atoms with Crippen molar-refractivity contribution in [3.05, 3.63) is 0 Å². The van der Waals surface area contributed by atoms with Crippen LogP contribution in [0.3, 0.4) is 0 Å². The molecule has 84 valence electrons. The predicted octanol–water partition coefficient (Wildman–Crippen LogP) is 1.73. The summed E-state index contributed by atoms with van der Waals surface area (Å²) in [7, 11) is 1.69. The van der Waals surface area contributed by atoms with Gasteiger partial charge in [-0.05, 0) is 38.5 Å². The van der Waals surface area contributed by atoms with Crippen molar-refractivity contribution in [1.29, 1.82) is 0 Å². The van der Waals surface area contributed by atoms with Gasteiger partial charge in [0.25, 0.3) is 0 Å². The van der Waals surface area contributed by atoms with Crippen LogP contribution < -0.4 is 0 Å². The molecule has 1 aliphatic heterocycles. The largest absolute Gasteiger partial charge is 0.393 e. The molecule has 2 unspecified atom stereocenters. The fourth-order valence-corrected chi connectivity index (χ4v) is 1.86. The molecular formula is C11H22O3. The van der Waals surface area contributed by atoms with Crippen LogP contribution in [0, 0.1) is 0 Å². The summed E-state index contributed by atoms with van der Waals surface area (Å²) in [6.07, 6.45) is 6.27. The average molecular weight is 202 g/mol. The van der Waals surface area contributed by atoms with E-state index in [-0.39, 0.29) is 6.10 Å². The number of rotatable bonds is 7. The summed E-state index contributed by atoms with van der Waals surface area (Å²) >= 11 is 0. The summed E-state index contributed by atoms with van der Waals surface area (Å²) < 4.78 is 10.4. The smallest absolute Gasteiger partial charge is 0.0577 e. The molecule has 0 bridgehead atoms. The highest BCUT2D eigenvalue weighted by molar-refractivity contribution is 4.67. The Bertz CT molecular complexity index is 132. The minimum absolute atomic E-state index is 0.172. The van der Waals surface area contributed by atoms with E-state index >= 15 is 0 Å². The Labute approximate surface area is 86.4 Å². The van der Waals surface area contributed by atoms with Gasteiger partial charge in [0.05, 0.1) is 12.2 Å². The lowest BCUT2D eigenvalue weighted by molar-refractivity contribution is 0.0751. The standard InChI is InChI=1S/C11H22O3/c1-13-8-2-4-10(12)6-7-11-5-3-9-14-11/h10-12H,2-9H2,1H3. The van der Waals surface area contributed by atoms with E-state index in [1.807, 2.05) is 0 Å². The molecule has 0 aliphatic carbocycles. The molecule has 2 atom stereocenters. The van der Waals surface area contributed by atoms with Crippen molar-refractivity contribution in [3.8, 4) is 0 Å². The summed E-state index contributed by atoms with van der Waals surface area (Å²) in [5, 5.41) is 9.63. The maximum Gasteiger partial charge on any atom is 0.0577 e. The fourth-order valence-electron chi connectivity index (χ4n) is 1.86. The minimum Gasteiger partial charge on any atom is -0.393 e. The van der Waals surface area contributed by atoms with Crippen molar-refractivity contribution in [2.75, 3.05) is 20.3 Å². The van der Waals surface area contributed by atoms with E-state index in [2.05, 4.69) is 0 Å². The highest BCUT2D eigenvalue weighted by atomic mass is 16.5. The summed E-state index contributed by atoms with van der Waals surface area (Å²) in [4.78, 5) is 0. The molecule has 1 heterocycles. The predicted molar refractivity (Wildman–Crippen MR) is 55.3 cm³/mol. The van der Waals surface area contributed by atoms with Gasteiger partial charge in [0.15, 0.2) is 0 Å². The van der Waals surface area contributed by atoms with Crippen LogP contribution in [0.5, 0.6) is 0 Å². The van der Waals surface area contributed by atoms with E-state index in [0.29, 0.717) is 6.10 Å². The van der Waals surface area contributed by atoms with Gasteiger partial charge in [-0.3, -0.25) is 0 Å². The van der Waals surface area contributed by atoms with Crippen molar-refractivity contribution in [2.45, 2.75) is 50.7 Å². The van der Waals surface area contributed by atoms with Gasteiger partial charge in [0.2, 0.25) is 0 Å². The van der Waals surface area contributed by atoms with E-state index < -0.39 is 0 Å². The number of hydrogen-bond acceptors (Lipinski definition) is 3. The average Bonchev–Trinajstić information content (AvgIpc) is 2.68. The number of aliphatic hydroxyl groups is 1. The quantitative estimate of drug-likeness (QED) is 0.639. The summed E-state index contributed by atoms with van der Waals surface area (Å²) in [6.45, 7) is 1.65. The fraction of sp³-hybridized carbons (Fsp3) is 1.00. The Hall–Kier alpha value is -0.120. The molecule has 0 aromatic heterocycles. The molecule has 0 amide bonds. The van der Waals surface area contributed by atoms with E-state index in [0.717, 1.165) is 38.9 Å². The molecule has 0 spiro atoms. The van der Waals surface area contributed by atoms with Gasteiger partial charge in [-0.25, -0.2) is 0 Å². The molecule has 1 fully saturated rings. The number of methoxy groups -OCH3 is 1. The van der Waals surface area contributed by atoms with Gasteiger partial charge in [-0.1, -0.05) is 0 Å². The van der Waals surface area contributed by atoms with Crippen LogP contribution in [0.1, 0.15) is 38.5 Å². The lowest BCUT2D eigenvalue weighted by atomic mass is 10.0. The first kappa shape index (κ1) is 12.0. The van der Waals surface area contributed by atoms with Crippen LogP contribution in [-0.2, 0) is 9.47 Å². The lowest BCUT2D eigenvalue weighted by Crippen LogP contribution is -2.13. The van der Waals surface area contributed by atoms with Crippen molar-refractivity contribution >= 4 is 0 Å². The van der Waals surface area contributed by atoms with Gasteiger partial charge < -0.3 is 14.6 Å². The van der Waals surface area contributed by atoms with Crippen molar-refractivity contribution in [3.63, 3.8) is 0 Å². The normalized spacial score (nSPS) is 24.0. The second-order valence-corrected chi connectivity index (χ2v) is 4.00. The van der Waals surface area contributed by atoms with Gasteiger partial charge >= 0.3 is 0 Å². The molecular weight excluding hydrogens is 180 g/mol. The highest BCUT2D eigenvalue weighted by Crippen LogP contribution is 2.18. The number of hydrogen-bond donors (Lipinski definition) is 1. The molecule has 0 aromatic rings. The van der Waals surface area contributed by atoms with E-state index in [9.17, 15) is 5.11 Å². The van der Waals surface area contributed by atoms with Gasteiger partial charge in [-0.15, -0.1) is 0 Å². The zero-order valence-electron chi connectivity index (χ0n) is 9.08. The van der Waals surface area contributed by atoms with Gasteiger partial charge in [0.1, 0.15) is 0 Å². The molecule has 3 nitrogen and oxygen atoms in total. The van der Waals surface area contributed by atoms with Crippen molar-refractivity contribution in [1.82, 2.24) is 0 Å². The molecule has 1 N–H and O–H groups in total. The Balaban J connectivity index is 1.93. The summed E-state index contributed by atoms with van der Waals surface area (Å²) in [6, 6.07) is 0. The lowest BCUT2D eigenvalue weighted by Gasteiger charge is -2.13. The van der Waals surface area contributed by atoms with E-state index in [1.54, 1.807) is 7.11 Å².